The van der Waals surface area contributed by atoms with Crippen LogP contribution in [0.1, 0.15) is 38.7 Å². The minimum Gasteiger partial charge on any atom is -0.370 e. The first-order valence-electron chi connectivity index (χ1n) is 7.14. The lowest BCUT2D eigenvalue weighted by Crippen LogP contribution is -2.08. The molecular formula is C16H20FN3S. The maximum atomic E-state index is 13.8. The van der Waals surface area contributed by atoms with Crippen LogP contribution in [0.25, 0.3) is 0 Å². The van der Waals surface area contributed by atoms with Crippen molar-refractivity contribution >= 4 is 17.6 Å². The lowest BCUT2D eigenvalue weighted by atomic mass is 10.1. The summed E-state index contributed by atoms with van der Waals surface area (Å²) < 4.78 is 13.8. The van der Waals surface area contributed by atoms with E-state index in [1.165, 1.54) is 24.2 Å². The Bertz CT molecular complexity index is 602. The average Bonchev–Trinajstić information content (AvgIpc) is 2.47. The molecule has 0 fully saturated rings. The van der Waals surface area contributed by atoms with Crippen LogP contribution in [0, 0.1) is 5.82 Å². The maximum absolute atomic E-state index is 13.8. The molecule has 0 spiro atoms. The number of nitrogens with zero attached hydrogens (tertiary/aromatic N) is 2. The van der Waals surface area contributed by atoms with Crippen molar-refractivity contribution in [2.75, 3.05) is 11.9 Å². The molecule has 0 atom stereocenters. The Morgan fingerprint density at radius 1 is 1.24 bits per heavy atom. The van der Waals surface area contributed by atoms with Crippen LogP contribution in [-0.4, -0.2) is 16.5 Å². The van der Waals surface area contributed by atoms with Gasteiger partial charge in [0.05, 0.1) is 0 Å². The van der Waals surface area contributed by atoms with Crippen LogP contribution in [-0.2, 0) is 0 Å². The van der Waals surface area contributed by atoms with Crippen LogP contribution in [0.2, 0.25) is 0 Å². The van der Waals surface area contributed by atoms with E-state index < -0.39 is 0 Å². The van der Waals surface area contributed by atoms with Gasteiger partial charge in [0.15, 0.2) is 0 Å². The van der Waals surface area contributed by atoms with Gasteiger partial charge in [-0.05, 0) is 24.5 Å². The summed E-state index contributed by atoms with van der Waals surface area (Å²) in [5.74, 6) is 0.888. The third-order valence-corrected chi connectivity index (χ3v) is 4.08. The van der Waals surface area contributed by atoms with Gasteiger partial charge in [-0.2, -0.15) is 0 Å². The highest BCUT2D eigenvalue weighted by molar-refractivity contribution is 7.99. The molecule has 1 aromatic carbocycles. The van der Waals surface area contributed by atoms with Gasteiger partial charge in [-0.3, -0.25) is 0 Å². The molecule has 1 heterocycles. The van der Waals surface area contributed by atoms with Crippen molar-refractivity contribution in [2.45, 2.75) is 43.0 Å². The van der Waals surface area contributed by atoms with Gasteiger partial charge in [-0.1, -0.05) is 44.7 Å². The molecule has 0 aliphatic carbocycles. The molecular weight excluding hydrogens is 285 g/mol. The summed E-state index contributed by atoms with van der Waals surface area (Å²) in [7, 11) is 0. The van der Waals surface area contributed by atoms with Gasteiger partial charge in [0.2, 0.25) is 0 Å². The normalized spacial score (nSPS) is 10.9. The number of nitrogens with one attached hydrogen (secondary N) is 1. The van der Waals surface area contributed by atoms with Gasteiger partial charge in [0.1, 0.15) is 23.0 Å². The van der Waals surface area contributed by atoms with Crippen molar-refractivity contribution in [2.24, 2.45) is 0 Å². The molecule has 0 bridgehead atoms. The van der Waals surface area contributed by atoms with Crippen molar-refractivity contribution in [3.05, 3.63) is 42.0 Å². The molecule has 112 valence electrons. The van der Waals surface area contributed by atoms with Gasteiger partial charge in [-0.15, -0.1) is 0 Å². The summed E-state index contributed by atoms with van der Waals surface area (Å²) in [5, 5.41) is 4.14. The number of rotatable bonds is 6. The van der Waals surface area contributed by atoms with Crippen molar-refractivity contribution in [1.82, 2.24) is 9.97 Å². The van der Waals surface area contributed by atoms with E-state index in [4.69, 9.17) is 0 Å². The fourth-order valence-corrected chi connectivity index (χ4v) is 3.06. The number of benzene rings is 1. The Balaban J connectivity index is 2.36. The highest BCUT2D eigenvalue weighted by atomic mass is 32.2. The van der Waals surface area contributed by atoms with E-state index in [1.807, 2.05) is 6.07 Å². The first-order valence-corrected chi connectivity index (χ1v) is 7.96. The van der Waals surface area contributed by atoms with Crippen LogP contribution in [0.4, 0.5) is 10.2 Å². The van der Waals surface area contributed by atoms with E-state index in [0.717, 1.165) is 29.4 Å². The molecule has 21 heavy (non-hydrogen) atoms. The molecule has 0 unspecified atom stereocenters. The third-order valence-electron chi connectivity index (χ3n) is 3.01. The third kappa shape index (κ3) is 3.94. The zero-order valence-electron chi connectivity index (χ0n) is 12.6. The molecule has 0 saturated carbocycles. The molecule has 0 amide bonds. The Labute approximate surface area is 129 Å². The van der Waals surface area contributed by atoms with E-state index in [-0.39, 0.29) is 11.7 Å². The number of anilines is 1. The molecule has 0 saturated heterocycles. The van der Waals surface area contributed by atoms with E-state index in [9.17, 15) is 4.39 Å². The van der Waals surface area contributed by atoms with Crippen molar-refractivity contribution in [3.63, 3.8) is 0 Å². The Morgan fingerprint density at radius 3 is 2.67 bits per heavy atom. The van der Waals surface area contributed by atoms with E-state index >= 15 is 0 Å². The van der Waals surface area contributed by atoms with Crippen molar-refractivity contribution in [3.8, 4) is 0 Å². The van der Waals surface area contributed by atoms with E-state index in [2.05, 4.69) is 36.1 Å². The van der Waals surface area contributed by atoms with Crippen LogP contribution in [0.15, 0.2) is 40.5 Å². The van der Waals surface area contributed by atoms with Gasteiger partial charge in [0.25, 0.3) is 0 Å². The molecule has 3 nitrogen and oxygen atoms in total. The predicted molar refractivity (Wildman–Crippen MR) is 85.4 cm³/mol. The van der Waals surface area contributed by atoms with Gasteiger partial charge in [-0.25, -0.2) is 14.4 Å². The molecule has 2 aromatic rings. The maximum Gasteiger partial charge on any atom is 0.137 e. The summed E-state index contributed by atoms with van der Waals surface area (Å²) >= 11 is 1.35. The van der Waals surface area contributed by atoms with Crippen LogP contribution >= 0.6 is 11.8 Å². The first-order chi connectivity index (χ1) is 10.1. The highest BCUT2D eigenvalue weighted by Gasteiger charge is 2.16. The fraction of sp³-hybridized carbons (Fsp3) is 0.375. The highest BCUT2D eigenvalue weighted by Crippen LogP contribution is 2.36. The molecule has 2 rings (SSSR count). The number of aromatic nitrogens is 2. The van der Waals surface area contributed by atoms with Gasteiger partial charge in [0, 0.05) is 17.0 Å². The molecule has 0 aliphatic rings. The summed E-state index contributed by atoms with van der Waals surface area (Å²) in [5.41, 5.74) is 1.04. The smallest absolute Gasteiger partial charge is 0.137 e. The number of halogens is 1. The predicted octanol–water partition coefficient (Wildman–Crippen LogP) is 4.71. The average molecular weight is 305 g/mol. The number of hydrogen-bond acceptors (Lipinski definition) is 4. The van der Waals surface area contributed by atoms with Crippen LogP contribution in [0.5, 0.6) is 0 Å². The fourth-order valence-electron chi connectivity index (χ4n) is 2.00. The second kappa shape index (κ2) is 7.41. The minimum absolute atomic E-state index is 0.223. The molecule has 1 N–H and O–H groups in total. The first kappa shape index (κ1) is 15.8. The Hall–Kier alpha value is -1.62. The van der Waals surface area contributed by atoms with E-state index in [1.54, 1.807) is 12.1 Å². The summed E-state index contributed by atoms with van der Waals surface area (Å²) in [6.07, 6.45) is 2.56. The van der Waals surface area contributed by atoms with Crippen LogP contribution < -0.4 is 5.32 Å². The molecule has 5 heteroatoms. The lowest BCUT2D eigenvalue weighted by Gasteiger charge is -2.16. The lowest BCUT2D eigenvalue weighted by molar-refractivity contribution is 0.601. The van der Waals surface area contributed by atoms with Gasteiger partial charge >= 0.3 is 0 Å². The summed E-state index contributed by atoms with van der Waals surface area (Å²) in [4.78, 5) is 9.27. The second-order valence-electron chi connectivity index (χ2n) is 5.06. The largest absolute Gasteiger partial charge is 0.370 e. The second-order valence-corrected chi connectivity index (χ2v) is 6.09. The van der Waals surface area contributed by atoms with Crippen LogP contribution in [0.3, 0.4) is 0 Å². The van der Waals surface area contributed by atoms with Crippen molar-refractivity contribution < 1.29 is 4.39 Å². The minimum atomic E-state index is -0.223. The van der Waals surface area contributed by atoms with E-state index in [0.29, 0.717) is 4.90 Å². The zero-order valence-corrected chi connectivity index (χ0v) is 13.4. The van der Waals surface area contributed by atoms with Gasteiger partial charge < -0.3 is 5.32 Å². The quantitative estimate of drug-likeness (QED) is 0.784. The zero-order chi connectivity index (χ0) is 15.2. The number of hydrogen-bond donors (Lipinski definition) is 1. The Kier molecular flexibility index (Phi) is 5.56. The Morgan fingerprint density at radius 2 is 2.00 bits per heavy atom. The summed E-state index contributed by atoms with van der Waals surface area (Å²) in [6.45, 7) is 7.17. The molecule has 0 radical (unpaired) electrons. The summed E-state index contributed by atoms with van der Waals surface area (Å²) in [6, 6.07) is 6.76. The van der Waals surface area contributed by atoms with Crippen molar-refractivity contribution in [1.29, 1.82) is 0 Å². The standard InChI is InChI=1S/C16H20FN3S/c1-4-9-18-15-14(11(2)3)16(20-10-19-15)21-13-8-6-5-7-12(13)17/h5-8,10-11H,4,9H2,1-3H3,(H,18,19,20). The molecule has 1 aromatic heterocycles. The monoisotopic (exact) mass is 305 g/mol. The SMILES string of the molecule is CCCNc1ncnc(Sc2ccccc2F)c1C(C)C. The topological polar surface area (TPSA) is 37.8 Å². The molecule has 0 aliphatic heterocycles.